The van der Waals surface area contributed by atoms with E-state index in [1.54, 1.807) is 0 Å². The van der Waals surface area contributed by atoms with Crippen LogP contribution >= 0.6 is 0 Å². The van der Waals surface area contributed by atoms with E-state index in [1.165, 1.54) is 25.7 Å². The first kappa shape index (κ1) is 15.9. The molecule has 0 radical (unpaired) electrons. The largest absolute Gasteiger partial charge is 0.444 e. The number of imidazole rings is 1. The minimum atomic E-state index is -0.478. The van der Waals surface area contributed by atoms with Crippen LogP contribution in [-0.4, -0.2) is 21.2 Å². The molecule has 1 fully saturated rings. The fraction of sp³-hybridized carbons (Fsp3) is 0.750. The van der Waals surface area contributed by atoms with Gasteiger partial charge in [-0.3, -0.25) is 0 Å². The maximum Gasteiger partial charge on any atom is 0.408 e. The highest BCUT2D eigenvalue weighted by molar-refractivity contribution is 5.68. The molecule has 0 aliphatic heterocycles. The standard InChI is InChI=1S/C16H27N3O2/c1-12(18-15(20)21-16(2,3)4)14-9-17-11-19(14)10-13-7-5-6-8-13/h9,11-13H,5-8,10H2,1-4H3,(H,18,20). The summed E-state index contributed by atoms with van der Waals surface area (Å²) in [5, 5.41) is 2.88. The van der Waals surface area contributed by atoms with Gasteiger partial charge in [-0.2, -0.15) is 0 Å². The minimum Gasteiger partial charge on any atom is -0.444 e. The smallest absolute Gasteiger partial charge is 0.408 e. The van der Waals surface area contributed by atoms with Gasteiger partial charge in [0, 0.05) is 6.54 Å². The number of carbonyl (C=O) groups is 1. The lowest BCUT2D eigenvalue weighted by Gasteiger charge is -2.23. The molecule has 5 nitrogen and oxygen atoms in total. The Morgan fingerprint density at radius 3 is 2.76 bits per heavy atom. The van der Waals surface area contributed by atoms with Crippen LogP contribution in [0.5, 0.6) is 0 Å². The van der Waals surface area contributed by atoms with Crippen molar-refractivity contribution in [3.63, 3.8) is 0 Å². The van der Waals surface area contributed by atoms with Crippen molar-refractivity contribution >= 4 is 6.09 Å². The van der Waals surface area contributed by atoms with Crippen molar-refractivity contribution in [1.82, 2.24) is 14.9 Å². The van der Waals surface area contributed by atoms with Crippen molar-refractivity contribution in [2.75, 3.05) is 0 Å². The minimum absolute atomic E-state index is 0.108. The molecule has 118 valence electrons. The molecule has 1 atom stereocenters. The Morgan fingerprint density at radius 1 is 1.48 bits per heavy atom. The summed E-state index contributed by atoms with van der Waals surface area (Å²) in [5.41, 5.74) is 0.557. The average Bonchev–Trinajstić information content (AvgIpc) is 2.97. The third kappa shape index (κ3) is 4.76. The number of ether oxygens (including phenoxy) is 1. The molecule has 1 aromatic heterocycles. The monoisotopic (exact) mass is 293 g/mol. The quantitative estimate of drug-likeness (QED) is 0.921. The molecule has 2 rings (SSSR count). The summed E-state index contributed by atoms with van der Waals surface area (Å²) in [4.78, 5) is 16.1. The molecule has 1 aliphatic carbocycles. The Kier molecular flexibility index (Phi) is 4.91. The molecule has 0 bridgehead atoms. The summed E-state index contributed by atoms with van der Waals surface area (Å²) >= 11 is 0. The first-order valence-electron chi connectivity index (χ1n) is 7.84. The Balaban J connectivity index is 1.94. The number of amides is 1. The summed E-state index contributed by atoms with van der Waals surface area (Å²) in [5.74, 6) is 0.742. The number of alkyl carbamates (subject to hydrolysis) is 1. The Morgan fingerprint density at radius 2 is 2.14 bits per heavy atom. The highest BCUT2D eigenvalue weighted by atomic mass is 16.6. The molecular weight excluding hydrogens is 266 g/mol. The number of aromatic nitrogens is 2. The predicted octanol–water partition coefficient (Wildman–Crippen LogP) is 3.66. The van der Waals surface area contributed by atoms with Gasteiger partial charge >= 0.3 is 6.09 Å². The van der Waals surface area contributed by atoms with Crippen molar-refractivity contribution in [2.45, 2.75) is 71.6 Å². The lowest BCUT2D eigenvalue weighted by molar-refractivity contribution is 0.0506. The second-order valence-corrected chi connectivity index (χ2v) is 6.99. The molecule has 0 saturated heterocycles. The highest BCUT2D eigenvalue weighted by Crippen LogP contribution is 2.27. The van der Waals surface area contributed by atoms with E-state index in [4.69, 9.17) is 4.74 Å². The summed E-state index contributed by atoms with van der Waals surface area (Å²) in [6, 6.07) is -0.108. The van der Waals surface area contributed by atoms with Crippen LogP contribution in [0.2, 0.25) is 0 Å². The van der Waals surface area contributed by atoms with Gasteiger partial charge in [0.1, 0.15) is 5.60 Å². The van der Waals surface area contributed by atoms with Crippen molar-refractivity contribution < 1.29 is 9.53 Å². The SMILES string of the molecule is CC(NC(=O)OC(C)(C)C)c1cncn1CC1CCCC1. The van der Waals surface area contributed by atoms with Crippen LogP contribution in [0.3, 0.4) is 0 Å². The Bertz CT molecular complexity index is 470. The van der Waals surface area contributed by atoms with Crippen LogP contribution < -0.4 is 5.32 Å². The van der Waals surface area contributed by atoms with E-state index < -0.39 is 5.60 Å². The molecule has 0 spiro atoms. The zero-order valence-electron chi connectivity index (χ0n) is 13.6. The third-order valence-corrected chi connectivity index (χ3v) is 3.85. The fourth-order valence-corrected chi connectivity index (χ4v) is 2.87. The van der Waals surface area contributed by atoms with E-state index in [2.05, 4.69) is 14.9 Å². The molecule has 1 saturated carbocycles. The molecule has 5 heteroatoms. The van der Waals surface area contributed by atoms with Gasteiger partial charge in [0.25, 0.3) is 0 Å². The number of carbonyl (C=O) groups excluding carboxylic acids is 1. The van der Waals surface area contributed by atoms with Crippen molar-refractivity contribution in [3.8, 4) is 0 Å². The molecule has 1 N–H and O–H groups in total. The van der Waals surface area contributed by atoms with E-state index in [0.717, 1.165) is 18.2 Å². The molecule has 0 aromatic carbocycles. The third-order valence-electron chi connectivity index (χ3n) is 3.85. The van der Waals surface area contributed by atoms with E-state index >= 15 is 0 Å². The predicted molar refractivity (Wildman–Crippen MR) is 82.0 cm³/mol. The van der Waals surface area contributed by atoms with Gasteiger partial charge in [0.15, 0.2) is 0 Å². The molecule has 1 aliphatic rings. The summed E-state index contributed by atoms with van der Waals surface area (Å²) < 4.78 is 7.46. The number of nitrogens with zero attached hydrogens (tertiary/aromatic N) is 2. The van der Waals surface area contributed by atoms with Crippen LogP contribution in [0, 0.1) is 5.92 Å². The van der Waals surface area contributed by atoms with Crippen molar-refractivity contribution in [2.24, 2.45) is 5.92 Å². The normalized spacial score (nSPS) is 17.7. The van der Waals surface area contributed by atoms with Gasteiger partial charge < -0.3 is 14.6 Å². The van der Waals surface area contributed by atoms with Gasteiger partial charge in [-0.1, -0.05) is 12.8 Å². The van der Waals surface area contributed by atoms with Crippen molar-refractivity contribution in [1.29, 1.82) is 0 Å². The molecule has 1 aromatic rings. The summed E-state index contributed by atoms with van der Waals surface area (Å²) in [6.07, 6.45) is 8.57. The Hall–Kier alpha value is -1.52. The van der Waals surface area contributed by atoms with E-state index in [1.807, 2.05) is 40.2 Å². The molecule has 1 unspecified atom stereocenters. The van der Waals surface area contributed by atoms with Gasteiger partial charge in [-0.15, -0.1) is 0 Å². The van der Waals surface area contributed by atoms with E-state index in [0.29, 0.717) is 0 Å². The zero-order valence-corrected chi connectivity index (χ0v) is 13.6. The summed E-state index contributed by atoms with van der Waals surface area (Å²) in [6.45, 7) is 8.55. The lowest BCUT2D eigenvalue weighted by atomic mass is 10.1. The maximum absolute atomic E-state index is 11.9. The van der Waals surface area contributed by atoms with Gasteiger partial charge in [0.2, 0.25) is 0 Å². The fourth-order valence-electron chi connectivity index (χ4n) is 2.87. The number of rotatable bonds is 4. The summed E-state index contributed by atoms with van der Waals surface area (Å²) in [7, 11) is 0. The first-order chi connectivity index (χ1) is 9.85. The van der Waals surface area contributed by atoms with Crippen LogP contribution in [-0.2, 0) is 11.3 Å². The van der Waals surface area contributed by atoms with Crippen LogP contribution in [0.1, 0.15) is 65.1 Å². The first-order valence-corrected chi connectivity index (χ1v) is 7.84. The van der Waals surface area contributed by atoms with Crippen LogP contribution in [0.4, 0.5) is 4.79 Å². The maximum atomic E-state index is 11.9. The average molecular weight is 293 g/mol. The van der Waals surface area contributed by atoms with Crippen molar-refractivity contribution in [3.05, 3.63) is 18.2 Å². The van der Waals surface area contributed by atoms with Crippen LogP contribution in [0.15, 0.2) is 12.5 Å². The second-order valence-electron chi connectivity index (χ2n) is 6.99. The van der Waals surface area contributed by atoms with Gasteiger partial charge in [0.05, 0.1) is 24.3 Å². The topological polar surface area (TPSA) is 56.1 Å². The molecular formula is C16H27N3O2. The number of hydrogen-bond acceptors (Lipinski definition) is 3. The lowest BCUT2D eigenvalue weighted by Crippen LogP contribution is -2.34. The van der Waals surface area contributed by atoms with Gasteiger partial charge in [-0.25, -0.2) is 9.78 Å². The molecule has 1 amide bonds. The number of nitrogens with one attached hydrogen (secondary N) is 1. The molecule has 21 heavy (non-hydrogen) atoms. The van der Waals surface area contributed by atoms with E-state index in [-0.39, 0.29) is 12.1 Å². The Labute approximate surface area is 127 Å². The van der Waals surface area contributed by atoms with Crippen LogP contribution in [0.25, 0.3) is 0 Å². The second kappa shape index (κ2) is 6.50. The molecule has 1 heterocycles. The van der Waals surface area contributed by atoms with Gasteiger partial charge in [-0.05, 0) is 46.5 Å². The van der Waals surface area contributed by atoms with E-state index in [9.17, 15) is 4.79 Å². The number of hydrogen-bond donors (Lipinski definition) is 1. The zero-order chi connectivity index (χ0) is 15.5. The highest BCUT2D eigenvalue weighted by Gasteiger charge is 2.21.